The Morgan fingerprint density at radius 3 is 2.14 bits per heavy atom. The van der Waals surface area contributed by atoms with Gasteiger partial charge in [0.05, 0.1) is 23.4 Å². The maximum atomic E-state index is 13.3. The number of anilines is 1. The van der Waals surface area contributed by atoms with Crippen molar-refractivity contribution in [3.05, 3.63) is 89.0 Å². The van der Waals surface area contributed by atoms with Gasteiger partial charge in [-0.3, -0.25) is 19.3 Å². The molecule has 0 aliphatic heterocycles. The molecule has 0 fully saturated rings. The second-order valence-corrected chi connectivity index (χ2v) is 8.72. The molecule has 0 spiro atoms. The van der Waals surface area contributed by atoms with Crippen LogP contribution in [0, 0.1) is 0 Å². The molecule has 0 aromatic heterocycles. The molecule has 0 unspecified atom stereocenters. The lowest BCUT2D eigenvalue weighted by atomic mass is 9.97. The summed E-state index contributed by atoms with van der Waals surface area (Å²) in [5, 5.41) is 11.7. The Balaban J connectivity index is 1.93. The van der Waals surface area contributed by atoms with Crippen LogP contribution in [0.3, 0.4) is 0 Å². The smallest absolute Gasteiger partial charge is 0.416 e. The Kier molecular flexibility index (Phi) is 8.34. The quantitative estimate of drug-likeness (QED) is 0.450. The summed E-state index contributed by atoms with van der Waals surface area (Å²) < 4.78 is 38.9. The lowest BCUT2D eigenvalue weighted by Gasteiger charge is -2.19. The number of hydrogen-bond acceptors (Lipinski definition) is 4. The van der Waals surface area contributed by atoms with Crippen molar-refractivity contribution in [3.8, 4) is 11.1 Å². The molecule has 0 saturated heterocycles. The SMILES string of the molecule is CN(CC(=O)O)Cc1ccc(NC(=O)c2ccccc2-c2ccc(C(F)(F)F)cc2)c(C(=O)N(C)C)c1. The minimum absolute atomic E-state index is 0.184. The van der Waals surface area contributed by atoms with Crippen molar-refractivity contribution in [2.75, 3.05) is 33.0 Å². The molecule has 0 radical (unpaired) electrons. The molecule has 0 aliphatic rings. The third kappa shape index (κ3) is 6.95. The highest BCUT2D eigenvalue weighted by Gasteiger charge is 2.30. The van der Waals surface area contributed by atoms with Gasteiger partial charge in [0, 0.05) is 26.2 Å². The molecule has 3 aromatic carbocycles. The number of carboxylic acids is 1. The maximum absolute atomic E-state index is 13.3. The van der Waals surface area contributed by atoms with Gasteiger partial charge in [-0.2, -0.15) is 13.2 Å². The summed E-state index contributed by atoms with van der Waals surface area (Å²) in [6.07, 6.45) is -4.47. The van der Waals surface area contributed by atoms with Gasteiger partial charge in [-0.25, -0.2) is 0 Å². The topological polar surface area (TPSA) is 90.0 Å². The number of benzene rings is 3. The minimum atomic E-state index is -4.47. The number of halogens is 3. The van der Waals surface area contributed by atoms with Crippen LogP contribution in [0.2, 0.25) is 0 Å². The van der Waals surface area contributed by atoms with E-state index in [1.165, 1.54) is 17.0 Å². The monoisotopic (exact) mass is 513 g/mol. The molecule has 0 atom stereocenters. The Hall–Kier alpha value is -4.18. The highest BCUT2D eigenvalue weighted by atomic mass is 19.4. The number of nitrogens with one attached hydrogen (secondary N) is 1. The number of nitrogens with zero attached hydrogens (tertiary/aromatic N) is 2. The van der Waals surface area contributed by atoms with Crippen LogP contribution in [0.1, 0.15) is 31.8 Å². The van der Waals surface area contributed by atoms with E-state index < -0.39 is 23.6 Å². The zero-order chi connectivity index (χ0) is 27.3. The van der Waals surface area contributed by atoms with Crippen molar-refractivity contribution in [1.82, 2.24) is 9.80 Å². The first kappa shape index (κ1) is 27.4. The molecule has 2 amide bonds. The van der Waals surface area contributed by atoms with Gasteiger partial charge in [0.2, 0.25) is 0 Å². The average Bonchev–Trinajstić information content (AvgIpc) is 2.83. The summed E-state index contributed by atoms with van der Waals surface area (Å²) in [6.45, 7) is 0.0845. The molecule has 0 aliphatic carbocycles. The molecule has 10 heteroatoms. The number of carbonyl (C=O) groups excluding carboxylic acids is 2. The molecular formula is C27H26F3N3O4. The lowest BCUT2D eigenvalue weighted by Crippen LogP contribution is -2.26. The van der Waals surface area contributed by atoms with Gasteiger partial charge < -0.3 is 15.3 Å². The number of amides is 2. The maximum Gasteiger partial charge on any atom is 0.416 e. The van der Waals surface area contributed by atoms with Crippen molar-refractivity contribution in [1.29, 1.82) is 0 Å². The van der Waals surface area contributed by atoms with Gasteiger partial charge in [0.25, 0.3) is 11.8 Å². The van der Waals surface area contributed by atoms with E-state index in [1.807, 2.05) is 0 Å². The van der Waals surface area contributed by atoms with Crippen LogP contribution in [0.15, 0.2) is 66.7 Å². The molecule has 0 bridgehead atoms. The van der Waals surface area contributed by atoms with Crippen LogP contribution in [0.4, 0.5) is 18.9 Å². The number of hydrogen-bond donors (Lipinski definition) is 2. The summed E-state index contributed by atoms with van der Waals surface area (Å²) in [7, 11) is 4.77. The van der Waals surface area contributed by atoms with Crippen LogP contribution in [0.25, 0.3) is 11.1 Å². The van der Waals surface area contributed by atoms with Gasteiger partial charge in [-0.1, -0.05) is 36.4 Å². The third-order valence-electron chi connectivity index (χ3n) is 5.52. The third-order valence-corrected chi connectivity index (χ3v) is 5.52. The van der Waals surface area contributed by atoms with E-state index in [-0.39, 0.29) is 35.8 Å². The zero-order valence-corrected chi connectivity index (χ0v) is 20.5. The van der Waals surface area contributed by atoms with E-state index in [0.717, 1.165) is 12.1 Å². The number of carboxylic acid groups (broad SMARTS) is 1. The van der Waals surface area contributed by atoms with Gasteiger partial charge in [-0.05, 0) is 54.1 Å². The summed E-state index contributed by atoms with van der Waals surface area (Å²) in [5.41, 5.74) is 1.43. The lowest BCUT2D eigenvalue weighted by molar-refractivity contribution is -0.138. The summed E-state index contributed by atoms with van der Waals surface area (Å²) in [6, 6.07) is 15.9. The fourth-order valence-corrected chi connectivity index (χ4v) is 3.78. The fraction of sp³-hybridized carbons (Fsp3) is 0.222. The number of alkyl halides is 3. The first-order valence-electron chi connectivity index (χ1n) is 11.2. The summed E-state index contributed by atoms with van der Waals surface area (Å²) in [5.74, 6) is -1.89. The van der Waals surface area contributed by atoms with Crippen LogP contribution < -0.4 is 5.32 Å². The van der Waals surface area contributed by atoms with E-state index in [9.17, 15) is 27.6 Å². The summed E-state index contributed by atoms with van der Waals surface area (Å²) >= 11 is 0. The van der Waals surface area contributed by atoms with Crippen molar-refractivity contribution >= 4 is 23.5 Å². The molecule has 194 valence electrons. The second kappa shape index (κ2) is 11.3. The van der Waals surface area contributed by atoms with Crippen molar-refractivity contribution in [3.63, 3.8) is 0 Å². The Bertz CT molecular complexity index is 1300. The van der Waals surface area contributed by atoms with Crippen LogP contribution in [-0.2, 0) is 17.5 Å². The molecule has 37 heavy (non-hydrogen) atoms. The Morgan fingerprint density at radius 2 is 1.54 bits per heavy atom. The van der Waals surface area contributed by atoms with Crippen molar-refractivity contribution in [2.24, 2.45) is 0 Å². The first-order chi connectivity index (χ1) is 17.4. The van der Waals surface area contributed by atoms with Gasteiger partial charge in [-0.15, -0.1) is 0 Å². The molecule has 3 aromatic rings. The van der Waals surface area contributed by atoms with Crippen molar-refractivity contribution in [2.45, 2.75) is 12.7 Å². The van der Waals surface area contributed by atoms with Gasteiger partial charge in [0.1, 0.15) is 0 Å². The van der Waals surface area contributed by atoms with E-state index in [2.05, 4.69) is 5.32 Å². The standard InChI is InChI=1S/C27H26F3N3O4/c1-32(2)26(37)22-14-17(15-33(3)16-24(34)35)8-13-23(22)31-25(36)21-7-5-4-6-20(21)18-9-11-19(12-10-18)27(28,29)30/h4-14H,15-16H2,1-3H3,(H,31,36)(H,34,35). The number of rotatable bonds is 8. The van der Waals surface area contributed by atoms with Crippen LogP contribution in [-0.4, -0.2) is 60.4 Å². The average molecular weight is 514 g/mol. The number of aliphatic carboxylic acids is 1. The van der Waals surface area contributed by atoms with E-state index in [4.69, 9.17) is 5.11 Å². The predicted molar refractivity (Wildman–Crippen MR) is 133 cm³/mol. The zero-order valence-electron chi connectivity index (χ0n) is 20.5. The van der Waals surface area contributed by atoms with Gasteiger partial charge in [0.15, 0.2) is 0 Å². The predicted octanol–water partition coefficient (Wildman–Crippen LogP) is 4.84. The largest absolute Gasteiger partial charge is 0.480 e. The second-order valence-electron chi connectivity index (χ2n) is 8.72. The molecule has 3 rings (SSSR count). The van der Waals surface area contributed by atoms with E-state index in [0.29, 0.717) is 16.7 Å². The Labute approximate surface area is 212 Å². The molecule has 2 N–H and O–H groups in total. The number of likely N-dealkylation sites (N-methyl/N-ethyl adjacent to an activating group) is 1. The minimum Gasteiger partial charge on any atom is -0.480 e. The molecule has 0 saturated carbocycles. The first-order valence-corrected chi connectivity index (χ1v) is 11.2. The molecule has 7 nitrogen and oxygen atoms in total. The highest BCUT2D eigenvalue weighted by Crippen LogP contribution is 2.32. The van der Waals surface area contributed by atoms with Crippen molar-refractivity contribution < 1.29 is 32.7 Å². The Morgan fingerprint density at radius 1 is 0.892 bits per heavy atom. The van der Waals surface area contributed by atoms with Crippen LogP contribution >= 0.6 is 0 Å². The fourth-order valence-electron chi connectivity index (χ4n) is 3.78. The van der Waals surface area contributed by atoms with Gasteiger partial charge >= 0.3 is 12.1 Å². The molecule has 0 heterocycles. The normalized spacial score (nSPS) is 11.3. The number of carbonyl (C=O) groups is 3. The molecular weight excluding hydrogens is 487 g/mol. The van der Waals surface area contributed by atoms with E-state index in [1.54, 1.807) is 68.5 Å². The van der Waals surface area contributed by atoms with Crippen LogP contribution in [0.5, 0.6) is 0 Å². The highest BCUT2D eigenvalue weighted by molar-refractivity contribution is 6.11. The summed E-state index contributed by atoms with van der Waals surface area (Å²) in [4.78, 5) is 40.0. The van der Waals surface area contributed by atoms with E-state index >= 15 is 0 Å².